The second-order valence-corrected chi connectivity index (χ2v) is 4.55. The lowest BCUT2D eigenvalue weighted by Crippen LogP contribution is -2.30. The summed E-state index contributed by atoms with van der Waals surface area (Å²) in [6, 6.07) is 0.370. The van der Waals surface area contributed by atoms with Gasteiger partial charge in [0.15, 0.2) is 0 Å². The summed E-state index contributed by atoms with van der Waals surface area (Å²) in [5, 5.41) is 1.94. The van der Waals surface area contributed by atoms with Crippen molar-refractivity contribution >= 4 is 23.1 Å². The molecule has 0 amide bonds. The average molecular weight is 304 g/mol. The highest BCUT2D eigenvalue weighted by molar-refractivity contribution is 7.78. The van der Waals surface area contributed by atoms with Crippen LogP contribution in [0.4, 0.5) is 18.9 Å². The fourth-order valence-electron chi connectivity index (χ4n) is 2.11. The molecule has 0 aromatic carbocycles. The van der Waals surface area contributed by atoms with Crippen molar-refractivity contribution in [3.8, 4) is 0 Å². The van der Waals surface area contributed by atoms with Gasteiger partial charge in [0.05, 0.1) is 10.7 Å². The highest BCUT2D eigenvalue weighted by Crippen LogP contribution is 2.31. The Hall–Kier alpha value is -1.50. The van der Waals surface area contributed by atoms with Crippen molar-refractivity contribution in [1.82, 2.24) is 4.57 Å². The summed E-state index contributed by atoms with van der Waals surface area (Å²) < 4.78 is 44.8. The van der Waals surface area contributed by atoms with Gasteiger partial charge in [0.25, 0.3) is 5.56 Å². The van der Waals surface area contributed by atoms with Crippen LogP contribution in [-0.4, -0.2) is 22.9 Å². The van der Waals surface area contributed by atoms with Crippen molar-refractivity contribution in [3.63, 3.8) is 0 Å². The molecular weight excluding hydrogens is 293 g/mol. The van der Waals surface area contributed by atoms with Crippen LogP contribution in [0, 0.1) is 0 Å². The topological polar surface area (TPSA) is 43.6 Å². The van der Waals surface area contributed by atoms with Gasteiger partial charge in [0.1, 0.15) is 5.69 Å². The van der Waals surface area contributed by atoms with Crippen LogP contribution >= 0.6 is 12.2 Å². The van der Waals surface area contributed by atoms with Crippen molar-refractivity contribution in [2.45, 2.75) is 25.1 Å². The van der Waals surface area contributed by atoms with Crippen LogP contribution in [0.3, 0.4) is 0 Å². The Kier molecular flexibility index (Phi) is 4.37. The maximum Gasteiger partial charge on any atom is 0.417 e. The van der Waals surface area contributed by atoms with Gasteiger partial charge in [-0.15, -0.1) is 0 Å². The van der Waals surface area contributed by atoms with Crippen LogP contribution in [0.2, 0.25) is 0 Å². The molecule has 2 rings (SSSR count). The first-order valence-corrected chi connectivity index (χ1v) is 6.33. The van der Waals surface area contributed by atoms with Crippen molar-refractivity contribution in [2.24, 2.45) is 4.99 Å². The van der Waals surface area contributed by atoms with E-state index >= 15 is 0 Å². The van der Waals surface area contributed by atoms with Crippen LogP contribution in [0.5, 0.6) is 0 Å². The number of aliphatic imine (C=N–C) groups is 1. The van der Waals surface area contributed by atoms with Crippen LogP contribution in [-0.2, 0) is 10.9 Å². The first-order chi connectivity index (χ1) is 9.43. The molecule has 1 aliphatic rings. The fourth-order valence-corrected chi connectivity index (χ4v) is 2.20. The van der Waals surface area contributed by atoms with Crippen LogP contribution in [0.1, 0.15) is 24.4 Å². The number of isothiocyanates is 1. The zero-order chi connectivity index (χ0) is 14.8. The standard InChI is InChI=1S/C12H11F3N2O2S/c13-12(14,15)8-5-10(16-7-20)11(18)17(6-8)9-1-3-19-4-2-9/h5-6,9H,1-4H2. The molecule has 20 heavy (non-hydrogen) atoms. The summed E-state index contributed by atoms with van der Waals surface area (Å²) in [6.07, 6.45) is -2.74. The van der Waals surface area contributed by atoms with E-state index in [4.69, 9.17) is 4.74 Å². The smallest absolute Gasteiger partial charge is 0.381 e. The van der Waals surface area contributed by atoms with Crippen LogP contribution in [0.15, 0.2) is 22.1 Å². The molecule has 0 unspecified atom stereocenters. The summed E-state index contributed by atoms with van der Waals surface area (Å²) in [6.45, 7) is 0.832. The lowest BCUT2D eigenvalue weighted by molar-refractivity contribution is -0.138. The molecule has 4 nitrogen and oxygen atoms in total. The molecule has 8 heteroatoms. The maximum atomic E-state index is 12.9. The molecule has 1 aliphatic heterocycles. The molecule has 1 saturated heterocycles. The minimum Gasteiger partial charge on any atom is -0.381 e. The number of ether oxygens (including phenoxy) is 1. The Bertz CT molecular complexity index is 600. The lowest BCUT2D eigenvalue weighted by Gasteiger charge is -2.25. The number of halogens is 3. The highest BCUT2D eigenvalue weighted by Gasteiger charge is 2.33. The minimum atomic E-state index is -4.55. The van der Waals surface area contributed by atoms with E-state index in [9.17, 15) is 18.0 Å². The third kappa shape index (κ3) is 3.15. The van der Waals surface area contributed by atoms with Gasteiger partial charge in [-0.05, 0) is 31.1 Å². The third-order valence-electron chi connectivity index (χ3n) is 3.10. The molecule has 1 aromatic rings. The van der Waals surface area contributed by atoms with Gasteiger partial charge >= 0.3 is 6.18 Å². The normalized spacial score (nSPS) is 16.8. The maximum absolute atomic E-state index is 12.9. The van der Waals surface area contributed by atoms with Gasteiger partial charge in [-0.25, -0.2) is 0 Å². The van der Waals surface area contributed by atoms with Gasteiger partial charge in [-0.1, -0.05) is 0 Å². The zero-order valence-electron chi connectivity index (χ0n) is 10.3. The van der Waals surface area contributed by atoms with E-state index in [-0.39, 0.29) is 11.7 Å². The average Bonchev–Trinajstić information content (AvgIpc) is 2.41. The molecule has 2 heterocycles. The molecule has 0 aliphatic carbocycles. The quantitative estimate of drug-likeness (QED) is 0.623. The van der Waals surface area contributed by atoms with E-state index in [1.165, 1.54) is 0 Å². The van der Waals surface area contributed by atoms with Gasteiger partial charge in [-0.3, -0.25) is 4.79 Å². The van der Waals surface area contributed by atoms with Gasteiger partial charge < -0.3 is 9.30 Å². The molecular formula is C12H11F3N2O2S. The van der Waals surface area contributed by atoms with E-state index in [2.05, 4.69) is 17.2 Å². The van der Waals surface area contributed by atoms with E-state index in [0.29, 0.717) is 32.1 Å². The summed E-state index contributed by atoms with van der Waals surface area (Å²) in [4.78, 5) is 15.5. The SMILES string of the molecule is O=c1c(N=C=S)cc(C(F)(F)F)cn1C1CCOCC1. The summed E-state index contributed by atoms with van der Waals surface area (Å²) in [5.41, 5.74) is -1.86. The number of hydrogen-bond donors (Lipinski definition) is 0. The Balaban J connectivity index is 2.56. The summed E-state index contributed by atoms with van der Waals surface area (Å²) in [7, 11) is 0. The van der Waals surface area contributed by atoms with E-state index in [0.717, 1.165) is 10.8 Å². The van der Waals surface area contributed by atoms with Gasteiger partial charge in [0, 0.05) is 25.5 Å². The highest BCUT2D eigenvalue weighted by atomic mass is 32.1. The zero-order valence-corrected chi connectivity index (χ0v) is 11.1. The van der Waals surface area contributed by atoms with Crippen molar-refractivity contribution in [2.75, 3.05) is 13.2 Å². The first kappa shape index (κ1) is 14.9. The molecule has 108 valence electrons. The third-order valence-corrected chi connectivity index (χ3v) is 3.19. The predicted octanol–water partition coefficient (Wildman–Crippen LogP) is 2.95. The predicted molar refractivity (Wildman–Crippen MR) is 69.5 cm³/mol. The second-order valence-electron chi connectivity index (χ2n) is 4.37. The largest absolute Gasteiger partial charge is 0.417 e. The van der Waals surface area contributed by atoms with E-state index < -0.39 is 17.3 Å². The monoisotopic (exact) mass is 304 g/mol. The summed E-state index contributed by atoms with van der Waals surface area (Å²) in [5.74, 6) is 0. The van der Waals surface area contributed by atoms with Crippen molar-refractivity contribution < 1.29 is 17.9 Å². The number of alkyl halides is 3. The molecule has 0 spiro atoms. The number of nitrogens with zero attached hydrogens (tertiary/aromatic N) is 2. The minimum absolute atomic E-state index is 0.322. The van der Waals surface area contributed by atoms with Crippen molar-refractivity contribution in [3.05, 3.63) is 28.2 Å². The first-order valence-electron chi connectivity index (χ1n) is 5.92. The van der Waals surface area contributed by atoms with Crippen LogP contribution in [0.25, 0.3) is 0 Å². The molecule has 0 radical (unpaired) electrons. The second kappa shape index (κ2) is 5.87. The molecule has 0 N–H and O–H groups in total. The van der Waals surface area contributed by atoms with Crippen LogP contribution < -0.4 is 5.56 Å². The fraction of sp³-hybridized carbons (Fsp3) is 0.500. The Morgan fingerprint density at radius 1 is 1.40 bits per heavy atom. The number of pyridine rings is 1. The summed E-state index contributed by atoms with van der Waals surface area (Å²) >= 11 is 4.36. The Morgan fingerprint density at radius 3 is 2.60 bits per heavy atom. The Labute approximate surface area is 117 Å². The van der Waals surface area contributed by atoms with Crippen molar-refractivity contribution in [1.29, 1.82) is 0 Å². The number of thiocarbonyl (C=S) groups is 1. The number of rotatable bonds is 2. The Morgan fingerprint density at radius 2 is 2.05 bits per heavy atom. The van der Waals surface area contributed by atoms with Gasteiger partial charge in [-0.2, -0.15) is 18.2 Å². The molecule has 1 aromatic heterocycles. The molecule has 1 fully saturated rings. The molecule has 0 atom stereocenters. The molecule has 0 saturated carbocycles. The molecule has 0 bridgehead atoms. The lowest BCUT2D eigenvalue weighted by atomic mass is 10.1. The van der Waals surface area contributed by atoms with Gasteiger partial charge in [0.2, 0.25) is 0 Å². The van der Waals surface area contributed by atoms with E-state index in [1.807, 2.05) is 5.16 Å². The van der Waals surface area contributed by atoms with E-state index in [1.54, 1.807) is 0 Å². The number of aromatic nitrogens is 1. The number of hydrogen-bond acceptors (Lipinski definition) is 4.